The molecule has 3 N–H and O–H groups in total. The predicted molar refractivity (Wildman–Crippen MR) is 296 cm³/mol. The molecule has 0 rings (SSSR count). The van der Waals surface area contributed by atoms with E-state index in [4.69, 9.17) is 4.74 Å². The Morgan fingerprint density at radius 2 is 0.765 bits per heavy atom. The van der Waals surface area contributed by atoms with Gasteiger partial charge in [-0.25, -0.2) is 0 Å². The molecule has 0 spiro atoms. The molecule has 0 radical (unpaired) electrons. The number of allylic oxidation sites excluding steroid dienone is 12. The van der Waals surface area contributed by atoms with Gasteiger partial charge in [0.2, 0.25) is 5.91 Å². The van der Waals surface area contributed by atoms with Gasteiger partial charge in [0.1, 0.15) is 6.10 Å². The molecule has 0 bridgehead atoms. The van der Waals surface area contributed by atoms with Crippen molar-refractivity contribution in [3.63, 3.8) is 0 Å². The van der Waals surface area contributed by atoms with Crippen molar-refractivity contribution in [3.05, 3.63) is 72.9 Å². The van der Waals surface area contributed by atoms with Crippen molar-refractivity contribution < 1.29 is 24.5 Å². The maximum absolute atomic E-state index is 13.3. The molecule has 3 atom stereocenters. The molecule has 0 heterocycles. The molecule has 0 saturated heterocycles. The highest BCUT2D eigenvalue weighted by atomic mass is 16.5. The van der Waals surface area contributed by atoms with E-state index in [0.29, 0.717) is 19.3 Å². The molecule has 0 fully saturated rings. The Labute approximate surface area is 421 Å². The molecule has 0 aliphatic rings. The fourth-order valence-corrected chi connectivity index (χ4v) is 8.57. The lowest BCUT2D eigenvalue weighted by atomic mass is 10.0. The molecular weight excluding hydrogens is 839 g/mol. The van der Waals surface area contributed by atoms with Gasteiger partial charge in [0.25, 0.3) is 0 Å². The molecule has 6 heteroatoms. The van der Waals surface area contributed by atoms with Crippen LogP contribution < -0.4 is 5.32 Å². The Morgan fingerprint density at radius 1 is 0.426 bits per heavy atom. The number of hydrogen-bond acceptors (Lipinski definition) is 5. The second kappa shape index (κ2) is 55.2. The number of unbranched alkanes of at least 4 members (excludes halogenated alkanes) is 28. The molecule has 0 aromatic heterocycles. The number of nitrogens with one attached hydrogen (secondary N) is 1. The lowest BCUT2D eigenvalue weighted by Crippen LogP contribution is -2.46. The Balaban J connectivity index is 4.67. The van der Waals surface area contributed by atoms with Crippen LogP contribution in [-0.4, -0.2) is 46.9 Å². The van der Waals surface area contributed by atoms with Gasteiger partial charge in [0.15, 0.2) is 0 Å². The molecule has 0 aliphatic heterocycles. The summed E-state index contributed by atoms with van der Waals surface area (Å²) in [6.07, 6.45) is 71.1. The summed E-state index contributed by atoms with van der Waals surface area (Å²) in [6, 6.07) is -0.724. The quantitative estimate of drug-likeness (QED) is 0.0321. The van der Waals surface area contributed by atoms with Crippen LogP contribution in [0.15, 0.2) is 72.9 Å². The van der Waals surface area contributed by atoms with Crippen LogP contribution >= 0.6 is 0 Å². The first-order valence-electron chi connectivity index (χ1n) is 29.2. The van der Waals surface area contributed by atoms with Gasteiger partial charge in [-0.15, -0.1) is 0 Å². The van der Waals surface area contributed by atoms with E-state index in [1.54, 1.807) is 0 Å². The molecule has 1 amide bonds. The van der Waals surface area contributed by atoms with E-state index < -0.39 is 18.2 Å². The van der Waals surface area contributed by atoms with Crippen LogP contribution in [0.3, 0.4) is 0 Å². The summed E-state index contributed by atoms with van der Waals surface area (Å²) in [5.41, 5.74) is 0. The van der Waals surface area contributed by atoms with Gasteiger partial charge in [-0.05, 0) is 96.3 Å². The van der Waals surface area contributed by atoms with E-state index in [1.807, 2.05) is 0 Å². The summed E-state index contributed by atoms with van der Waals surface area (Å²) >= 11 is 0. The number of ether oxygens (including phenoxy) is 1. The number of carbonyl (C=O) groups is 2. The van der Waals surface area contributed by atoms with Crippen molar-refractivity contribution in [1.82, 2.24) is 5.32 Å². The summed E-state index contributed by atoms with van der Waals surface area (Å²) in [7, 11) is 0. The summed E-state index contributed by atoms with van der Waals surface area (Å²) in [5.74, 6) is -0.532. The Hall–Kier alpha value is -2.70. The molecule has 394 valence electrons. The summed E-state index contributed by atoms with van der Waals surface area (Å²) in [5, 5.41) is 23.9. The zero-order valence-corrected chi connectivity index (χ0v) is 45.0. The highest BCUT2D eigenvalue weighted by molar-refractivity contribution is 5.77. The first kappa shape index (κ1) is 65.3. The van der Waals surface area contributed by atoms with Crippen LogP contribution in [0.25, 0.3) is 0 Å². The third-order valence-corrected chi connectivity index (χ3v) is 13.0. The highest BCUT2D eigenvalue weighted by Gasteiger charge is 2.24. The first-order valence-corrected chi connectivity index (χ1v) is 29.2. The number of rotatable bonds is 52. The number of esters is 1. The minimum atomic E-state index is -0.807. The van der Waals surface area contributed by atoms with Crippen molar-refractivity contribution in [2.75, 3.05) is 6.61 Å². The van der Waals surface area contributed by atoms with E-state index >= 15 is 0 Å². The Kier molecular flexibility index (Phi) is 53.0. The number of amides is 1. The normalized spacial score (nSPS) is 13.7. The summed E-state index contributed by atoms with van der Waals surface area (Å²) in [6.45, 7) is 6.43. The Morgan fingerprint density at radius 3 is 1.19 bits per heavy atom. The molecule has 0 aromatic carbocycles. The Bertz CT molecular complexity index is 1250. The molecule has 0 saturated carbocycles. The number of carbonyl (C=O) groups excluding carboxylic acids is 2. The lowest BCUT2D eigenvalue weighted by Gasteiger charge is -2.24. The van der Waals surface area contributed by atoms with Crippen molar-refractivity contribution >= 4 is 11.9 Å². The van der Waals surface area contributed by atoms with Crippen molar-refractivity contribution in [1.29, 1.82) is 0 Å². The van der Waals surface area contributed by atoms with Crippen LogP contribution in [0.5, 0.6) is 0 Å². The van der Waals surface area contributed by atoms with Crippen molar-refractivity contribution in [2.24, 2.45) is 0 Å². The predicted octanol–water partition coefficient (Wildman–Crippen LogP) is 18.1. The van der Waals surface area contributed by atoms with E-state index in [0.717, 1.165) is 83.5 Å². The van der Waals surface area contributed by atoms with Gasteiger partial charge in [-0.3, -0.25) is 9.59 Å². The van der Waals surface area contributed by atoms with Crippen LogP contribution in [0, 0.1) is 0 Å². The molecular formula is C62H111NO5. The van der Waals surface area contributed by atoms with E-state index in [2.05, 4.69) is 99.0 Å². The number of aliphatic hydroxyl groups excluding tert-OH is 2. The second-order valence-corrected chi connectivity index (χ2v) is 19.7. The van der Waals surface area contributed by atoms with Gasteiger partial charge in [0.05, 0.1) is 25.2 Å². The van der Waals surface area contributed by atoms with E-state index in [9.17, 15) is 19.8 Å². The van der Waals surface area contributed by atoms with E-state index in [-0.39, 0.29) is 24.9 Å². The van der Waals surface area contributed by atoms with Crippen molar-refractivity contribution in [2.45, 2.75) is 302 Å². The van der Waals surface area contributed by atoms with Gasteiger partial charge < -0.3 is 20.3 Å². The van der Waals surface area contributed by atoms with Gasteiger partial charge in [-0.2, -0.15) is 0 Å². The fraction of sp³-hybridized carbons (Fsp3) is 0.774. The molecule has 68 heavy (non-hydrogen) atoms. The maximum atomic E-state index is 13.3. The molecule has 0 aliphatic carbocycles. The minimum Gasteiger partial charge on any atom is -0.462 e. The maximum Gasteiger partial charge on any atom is 0.306 e. The largest absolute Gasteiger partial charge is 0.462 e. The lowest BCUT2D eigenvalue weighted by molar-refractivity contribution is -0.151. The minimum absolute atomic E-state index is 0.0352. The topological polar surface area (TPSA) is 95.9 Å². The fourth-order valence-electron chi connectivity index (χ4n) is 8.57. The van der Waals surface area contributed by atoms with Gasteiger partial charge in [-0.1, -0.05) is 248 Å². The average molecular weight is 951 g/mol. The van der Waals surface area contributed by atoms with Crippen LogP contribution in [-0.2, 0) is 14.3 Å². The van der Waals surface area contributed by atoms with Crippen LogP contribution in [0.2, 0.25) is 0 Å². The molecule has 6 nitrogen and oxygen atoms in total. The molecule has 0 aromatic rings. The third-order valence-electron chi connectivity index (χ3n) is 13.0. The van der Waals surface area contributed by atoms with Crippen LogP contribution in [0.1, 0.15) is 284 Å². The van der Waals surface area contributed by atoms with Crippen molar-refractivity contribution in [3.8, 4) is 0 Å². The number of aliphatic hydroxyl groups is 2. The average Bonchev–Trinajstić information content (AvgIpc) is 3.33. The molecule has 3 unspecified atom stereocenters. The van der Waals surface area contributed by atoms with Gasteiger partial charge in [0, 0.05) is 6.42 Å². The first-order chi connectivity index (χ1) is 33.5. The zero-order chi connectivity index (χ0) is 49.5. The monoisotopic (exact) mass is 950 g/mol. The summed E-state index contributed by atoms with van der Waals surface area (Å²) < 4.78 is 5.93. The smallest absolute Gasteiger partial charge is 0.306 e. The highest BCUT2D eigenvalue weighted by Crippen LogP contribution is 2.17. The standard InChI is InChI=1S/C62H111NO5/c1-4-7-10-13-16-19-22-25-28-30-33-35-38-41-44-47-50-53-58(68-62(67)55-52-49-46-43-40-37-34-31-29-26-23-20-17-14-11-8-5-2)56-61(66)63-59(57-64)60(65)54-51-48-45-42-39-36-32-27-24-21-18-15-12-9-6-3/h16-17,19-20,25-26,28-29,33,35,41,44,58-60,64-65H,4-15,18,21-24,27,30-32,34,36-40,42-43,45-57H2,1-3H3,(H,63,66)/b19-16-,20-17-,28-25-,29-26-,35-33-,44-41-. The number of hydrogen-bond donors (Lipinski definition) is 3. The van der Waals surface area contributed by atoms with Gasteiger partial charge >= 0.3 is 5.97 Å². The summed E-state index contributed by atoms with van der Waals surface area (Å²) in [4.78, 5) is 26.3. The van der Waals surface area contributed by atoms with Crippen LogP contribution in [0.4, 0.5) is 0 Å². The third kappa shape index (κ3) is 49.7. The second-order valence-electron chi connectivity index (χ2n) is 19.7. The zero-order valence-electron chi connectivity index (χ0n) is 45.0. The SMILES string of the molecule is CCCCC/C=C\C/C=C\C/C=C\C/C=C\CCCC(CC(=O)NC(CO)C(O)CCCCCCCCCCCCCCCCC)OC(=O)CCCCCCCCC/C=C\C/C=C\CCCCC. The van der Waals surface area contributed by atoms with E-state index in [1.165, 1.54) is 154 Å².